The molecule has 0 atom stereocenters. The lowest BCUT2D eigenvalue weighted by atomic mass is 10.1. The molecular weight excluding hydrogens is 390 g/mol. The van der Waals surface area contributed by atoms with E-state index in [0.717, 1.165) is 11.3 Å². The summed E-state index contributed by atoms with van der Waals surface area (Å²) in [5.74, 6) is -0.581. The number of anilines is 1. The molecule has 0 spiro atoms. The lowest BCUT2D eigenvalue weighted by Crippen LogP contribution is -2.13. The number of aryl methyl sites for hydroxylation is 1. The average molecular weight is 406 g/mol. The van der Waals surface area contributed by atoms with Crippen molar-refractivity contribution in [2.75, 3.05) is 19.5 Å². The van der Waals surface area contributed by atoms with Crippen LogP contribution >= 0.6 is 22.9 Å². The van der Waals surface area contributed by atoms with E-state index in [0.29, 0.717) is 27.0 Å². The zero-order valence-corrected chi connectivity index (χ0v) is 16.4. The fourth-order valence-corrected chi connectivity index (χ4v) is 3.62. The first-order valence-corrected chi connectivity index (χ1v) is 9.02. The van der Waals surface area contributed by atoms with Crippen LogP contribution in [0.4, 0.5) is 5.13 Å². The molecule has 0 saturated carbocycles. The zero-order chi connectivity index (χ0) is 19.6. The molecule has 0 aliphatic carbocycles. The highest BCUT2D eigenvalue weighted by Gasteiger charge is 2.20. The van der Waals surface area contributed by atoms with Crippen LogP contribution in [0.1, 0.15) is 25.7 Å². The number of hydrogen-bond acceptors (Lipinski definition) is 6. The number of thiazole rings is 1. The molecule has 3 rings (SSSR count). The number of carbonyl (C=O) groups excluding carboxylic acids is 2. The van der Waals surface area contributed by atoms with Gasteiger partial charge in [0, 0.05) is 18.5 Å². The first-order valence-electron chi connectivity index (χ1n) is 7.82. The summed E-state index contributed by atoms with van der Waals surface area (Å²) in [5.41, 5.74) is 1.43. The molecule has 0 radical (unpaired) electrons. The maximum absolute atomic E-state index is 12.7. The Labute approximate surface area is 164 Å². The molecule has 2 heterocycles. The first-order chi connectivity index (χ1) is 12.9. The smallest absolute Gasteiger partial charge is 0.350 e. The van der Waals surface area contributed by atoms with Crippen molar-refractivity contribution >= 4 is 39.9 Å². The molecule has 0 bridgehead atoms. The third-order valence-electron chi connectivity index (χ3n) is 3.78. The molecule has 9 heteroatoms. The van der Waals surface area contributed by atoms with Crippen LogP contribution in [0.15, 0.2) is 36.7 Å². The van der Waals surface area contributed by atoms with Gasteiger partial charge in [-0.25, -0.2) is 9.78 Å². The highest BCUT2D eigenvalue weighted by atomic mass is 35.5. The monoisotopic (exact) mass is 405 g/mol. The quantitative estimate of drug-likeness (QED) is 0.650. The molecule has 1 amide bonds. The fraction of sp³-hybridized carbons (Fsp3) is 0.167. The molecule has 7 nitrogen and oxygen atoms in total. The molecule has 0 aliphatic rings. The van der Waals surface area contributed by atoms with Crippen molar-refractivity contribution in [1.29, 1.82) is 0 Å². The number of nitrogens with zero attached hydrogens (tertiary/aromatic N) is 2. The van der Waals surface area contributed by atoms with Crippen molar-refractivity contribution in [3.63, 3.8) is 0 Å². The van der Waals surface area contributed by atoms with E-state index in [4.69, 9.17) is 21.1 Å². The molecule has 0 aliphatic heterocycles. The number of ether oxygens (including phenoxy) is 2. The van der Waals surface area contributed by atoms with Crippen molar-refractivity contribution in [1.82, 2.24) is 9.55 Å². The third-order valence-corrected chi connectivity index (χ3v) is 5.14. The summed E-state index contributed by atoms with van der Waals surface area (Å²) in [4.78, 5) is 28.9. The minimum absolute atomic E-state index is 0.255. The largest absolute Gasteiger partial charge is 0.496 e. The number of methoxy groups -OCH3 is 2. The van der Waals surface area contributed by atoms with Gasteiger partial charge in [-0.05, 0) is 25.1 Å². The number of hydrogen-bond donors (Lipinski definition) is 1. The number of rotatable bonds is 5. The summed E-state index contributed by atoms with van der Waals surface area (Å²) in [5, 5.41) is 3.34. The van der Waals surface area contributed by atoms with Gasteiger partial charge in [-0.3, -0.25) is 10.1 Å². The molecule has 0 unspecified atom stereocenters. The van der Waals surface area contributed by atoms with E-state index in [9.17, 15) is 9.59 Å². The Morgan fingerprint density at radius 3 is 2.56 bits per heavy atom. The molecule has 2 aromatic heterocycles. The van der Waals surface area contributed by atoms with Gasteiger partial charge in [0.25, 0.3) is 5.91 Å². The maximum atomic E-state index is 12.7. The molecule has 0 saturated heterocycles. The highest BCUT2D eigenvalue weighted by molar-refractivity contribution is 7.17. The number of halogens is 1. The third kappa shape index (κ3) is 3.81. The highest BCUT2D eigenvalue weighted by Crippen LogP contribution is 2.31. The Balaban J connectivity index is 1.91. The van der Waals surface area contributed by atoms with Crippen LogP contribution in [0.5, 0.6) is 5.75 Å². The summed E-state index contributed by atoms with van der Waals surface area (Å²) in [6.07, 6.45) is 3.68. The van der Waals surface area contributed by atoms with Crippen LogP contribution in [0.25, 0.3) is 5.69 Å². The molecule has 27 heavy (non-hydrogen) atoms. The van der Waals surface area contributed by atoms with Gasteiger partial charge >= 0.3 is 5.97 Å². The Morgan fingerprint density at radius 2 is 1.93 bits per heavy atom. The molecule has 0 fully saturated rings. The lowest BCUT2D eigenvalue weighted by Gasteiger charge is -2.13. The van der Waals surface area contributed by atoms with Crippen molar-refractivity contribution in [3.05, 3.63) is 57.8 Å². The van der Waals surface area contributed by atoms with Gasteiger partial charge in [0.2, 0.25) is 0 Å². The molecular formula is C18H16ClN3O4S. The van der Waals surface area contributed by atoms with Gasteiger partial charge in [-0.15, -0.1) is 0 Å². The predicted molar refractivity (Wildman–Crippen MR) is 103 cm³/mol. The normalized spacial score (nSPS) is 10.5. The van der Waals surface area contributed by atoms with Crippen molar-refractivity contribution < 1.29 is 19.1 Å². The van der Waals surface area contributed by atoms with E-state index < -0.39 is 11.9 Å². The van der Waals surface area contributed by atoms with Crippen LogP contribution in [-0.2, 0) is 4.74 Å². The van der Waals surface area contributed by atoms with Crippen molar-refractivity contribution in [3.8, 4) is 11.4 Å². The zero-order valence-electron chi connectivity index (χ0n) is 14.8. The second-order valence-corrected chi connectivity index (χ2v) is 6.88. The van der Waals surface area contributed by atoms with Crippen LogP contribution < -0.4 is 10.1 Å². The lowest BCUT2D eigenvalue weighted by molar-refractivity contribution is 0.0605. The second kappa shape index (κ2) is 7.81. The number of aromatic nitrogens is 2. The topological polar surface area (TPSA) is 82.5 Å². The molecule has 1 aromatic carbocycles. The van der Waals surface area contributed by atoms with Crippen LogP contribution in [0.3, 0.4) is 0 Å². The molecule has 3 aromatic rings. The average Bonchev–Trinajstić information content (AvgIpc) is 3.30. The Bertz CT molecular complexity index is 998. The number of amides is 1. The molecule has 140 valence electrons. The maximum Gasteiger partial charge on any atom is 0.350 e. The summed E-state index contributed by atoms with van der Waals surface area (Å²) < 4.78 is 11.9. The number of benzene rings is 1. The predicted octanol–water partition coefficient (Wildman–Crippen LogP) is 3.94. The van der Waals surface area contributed by atoms with Gasteiger partial charge in [0.15, 0.2) is 5.13 Å². The molecule has 1 N–H and O–H groups in total. The number of nitrogens with one attached hydrogen (secondary N) is 1. The number of carbonyl (C=O) groups is 2. The van der Waals surface area contributed by atoms with Crippen molar-refractivity contribution in [2.24, 2.45) is 0 Å². The second-order valence-electron chi connectivity index (χ2n) is 5.47. The van der Waals surface area contributed by atoms with E-state index in [-0.39, 0.29) is 10.7 Å². The van der Waals surface area contributed by atoms with Crippen LogP contribution in [0, 0.1) is 6.92 Å². The number of esters is 1. The van der Waals surface area contributed by atoms with Gasteiger partial charge in [-0.2, -0.15) is 0 Å². The van der Waals surface area contributed by atoms with E-state index in [1.807, 2.05) is 29.1 Å². The van der Waals surface area contributed by atoms with Crippen LogP contribution in [-0.4, -0.2) is 35.6 Å². The minimum atomic E-state index is -0.498. The van der Waals surface area contributed by atoms with Crippen molar-refractivity contribution in [2.45, 2.75) is 6.92 Å². The van der Waals surface area contributed by atoms with E-state index in [1.165, 1.54) is 20.3 Å². The van der Waals surface area contributed by atoms with Gasteiger partial charge in [-0.1, -0.05) is 22.9 Å². The van der Waals surface area contributed by atoms with E-state index >= 15 is 0 Å². The summed E-state index contributed by atoms with van der Waals surface area (Å²) >= 11 is 7.39. The summed E-state index contributed by atoms with van der Waals surface area (Å²) in [6.45, 7) is 1.67. The Kier molecular flexibility index (Phi) is 5.48. The SMILES string of the molecule is COC(=O)c1sc(NC(=O)c2cc(Cl)c(-n3cccc3)cc2OC)nc1C. The summed E-state index contributed by atoms with van der Waals surface area (Å²) in [7, 11) is 2.77. The van der Waals surface area contributed by atoms with E-state index in [2.05, 4.69) is 10.3 Å². The minimum Gasteiger partial charge on any atom is -0.496 e. The Morgan fingerprint density at radius 1 is 1.22 bits per heavy atom. The van der Waals surface area contributed by atoms with E-state index in [1.54, 1.807) is 13.0 Å². The summed E-state index contributed by atoms with van der Waals surface area (Å²) in [6, 6.07) is 6.96. The fourth-order valence-electron chi connectivity index (χ4n) is 2.48. The van der Waals surface area contributed by atoms with Gasteiger partial charge < -0.3 is 14.0 Å². The van der Waals surface area contributed by atoms with Crippen LogP contribution in [0.2, 0.25) is 5.02 Å². The Hall–Kier alpha value is -2.84. The van der Waals surface area contributed by atoms with Gasteiger partial charge in [0.05, 0.1) is 36.2 Å². The first kappa shape index (κ1) is 18.9. The van der Waals surface area contributed by atoms with Gasteiger partial charge in [0.1, 0.15) is 10.6 Å². The standard InChI is InChI=1S/C18H16ClN3O4S/c1-10-15(17(24)26-3)27-18(20-10)21-16(23)11-8-12(19)13(9-14(11)25-2)22-6-4-5-7-22/h4-9H,1-3H3,(H,20,21,23).